The number of anilines is 1. The van der Waals surface area contributed by atoms with Crippen LogP contribution < -0.4 is 5.32 Å². The number of hydrogen-bond donors (Lipinski definition) is 1. The maximum absolute atomic E-state index is 11.2. The average molecular weight is 229 g/mol. The van der Waals surface area contributed by atoms with Crippen molar-refractivity contribution in [2.45, 2.75) is 33.6 Å². The van der Waals surface area contributed by atoms with Crippen molar-refractivity contribution in [2.24, 2.45) is 5.92 Å². The van der Waals surface area contributed by atoms with E-state index in [4.69, 9.17) is 0 Å². The summed E-state index contributed by atoms with van der Waals surface area (Å²) in [5.74, 6) is 5.47. The lowest BCUT2D eigenvalue weighted by Crippen LogP contribution is -2.08. The van der Waals surface area contributed by atoms with Crippen LogP contribution in [-0.2, 0) is 11.2 Å². The normalized spacial score (nSPS) is 9.65. The molecule has 1 amide bonds. The zero-order chi connectivity index (χ0) is 12.7. The summed E-state index contributed by atoms with van der Waals surface area (Å²) in [4.78, 5) is 11.2. The second kappa shape index (κ2) is 6.75. The molecule has 1 N–H and O–H groups in total. The van der Waals surface area contributed by atoms with Gasteiger partial charge in [0.05, 0.1) is 0 Å². The van der Waals surface area contributed by atoms with Crippen molar-refractivity contribution >= 4 is 11.6 Å². The molecule has 0 saturated carbocycles. The second-order valence-corrected chi connectivity index (χ2v) is 4.46. The monoisotopic (exact) mass is 229 g/mol. The van der Waals surface area contributed by atoms with Gasteiger partial charge in [-0.15, -0.1) is 0 Å². The highest BCUT2D eigenvalue weighted by molar-refractivity contribution is 6.03. The largest absolute Gasteiger partial charge is 0.315 e. The first-order valence-electron chi connectivity index (χ1n) is 5.94. The predicted octanol–water partition coefficient (Wildman–Crippen LogP) is 3.24. The lowest BCUT2D eigenvalue weighted by atomic mass is 10.0. The molecule has 1 rings (SSSR count). The SMILES string of the molecule is CC#CC(=O)Nc1ccc(CCC(C)C)cc1. The Kier molecular flexibility index (Phi) is 5.29. The summed E-state index contributed by atoms with van der Waals surface area (Å²) in [7, 11) is 0. The Bertz CT molecular complexity index is 420. The zero-order valence-electron chi connectivity index (χ0n) is 10.7. The van der Waals surface area contributed by atoms with Crippen LogP contribution in [0.25, 0.3) is 0 Å². The van der Waals surface area contributed by atoms with E-state index in [9.17, 15) is 4.79 Å². The van der Waals surface area contributed by atoms with Gasteiger partial charge in [-0.2, -0.15) is 0 Å². The van der Waals surface area contributed by atoms with Gasteiger partial charge in [0.2, 0.25) is 0 Å². The lowest BCUT2D eigenvalue weighted by molar-refractivity contribution is -0.111. The van der Waals surface area contributed by atoms with Crippen molar-refractivity contribution in [3.63, 3.8) is 0 Å². The molecule has 0 aliphatic rings. The van der Waals surface area contributed by atoms with Gasteiger partial charge in [0, 0.05) is 5.69 Å². The molecule has 1 aromatic rings. The first-order valence-corrected chi connectivity index (χ1v) is 5.94. The van der Waals surface area contributed by atoms with Crippen LogP contribution >= 0.6 is 0 Å². The van der Waals surface area contributed by atoms with Crippen molar-refractivity contribution in [1.82, 2.24) is 0 Å². The number of rotatable bonds is 4. The number of carbonyl (C=O) groups excluding carboxylic acids is 1. The average Bonchev–Trinajstić information content (AvgIpc) is 2.28. The summed E-state index contributed by atoms with van der Waals surface area (Å²) < 4.78 is 0. The van der Waals surface area contributed by atoms with E-state index in [1.54, 1.807) is 6.92 Å². The van der Waals surface area contributed by atoms with Gasteiger partial charge < -0.3 is 5.32 Å². The molecule has 0 radical (unpaired) electrons. The highest BCUT2D eigenvalue weighted by atomic mass is 16.1. The lowest BCUT2D eigenvalue weighted by Gasteiger charge is -2.06. The summed E-state index contributed by atoms with van der Waals surface area (Å²) >= 11 is 0. The van der Waals surface area contributed by atoms with E-state index < -0.39 is 0 Å². The summed E-state index contributed by atoms with van der Waals surface area (Å²) in [5, 5.41) is 2.72. The first kappa shape index (κ1) is 13.3. The van der Waals surface area contributed by atoms with Gasteiger partial charge in [-0.3, -0.25) is 4.79 Å². The molecular weight excluding hydrogens is 210 g/mol. The molecule has 0 aliphatic carbocycles. The zero-order valence-corrected chi connectivity index (χ0v) is 10.7. The fourth-order valence-corrected chi connectivity index (χ4v) is 1.49. The van der Waals surface area contributed by atoms with Crippen LogP contribution in [0.4, 0.5) is 5.69 Å². The molecule has 0 saturated heterocycles. The van der Waals surface area contributed by atoms with Crippen molar-refractivity contribution in [3.8, 4) is 11.8 Å². The van der Waals surface area contributed by atoms with E-state index in [0.29, 0.717) is 5.92 Å². The van der Waals surface area contributed by atoms with Gasteiger partial charge in [-0.25, -0.2) is 0 Å². The van der Waals surface area contributed by atoms with E-state index in [-0.39, 0.29) is 5.91 Å². The van der Waals surface area contributed by atoms with Crippen molar-refractivity contribution in [1.29, 1.82) is 0 Å². The Balaban J connectivity index is 2.54. The van der Waals surface area contributed by atoms with Crippen molar-refractivity contribution in [3.05, 3.63) is 29.8 Å². The van der Waals surface area contributed by atoms with Gasteiger partial charge >= 0.3 is 0 Å². The Morgan fingerprint density at radius 2 is 1.94 bits per heavy atom. The molecule has 0 unspecified atom stereocenters. The number of benzene rings is 1. The van der Waals surface area contributed by atoms with Gasteiger partial charge in [0.25, 0.3) is 5.91 Å². The maximum atomic E-state index is 11.2. The number of amides is 1. The smallest absolute Gasteiger partial charge is 0.300 e. The standard InChI is InChI=1S/C15H19NO/c1-4-5-15(17)16-14-10-8-13(9-11-14)7-6-12(2)3/h8-12H,6-7H2,1-3H3,(H,16,17). The topological polar surface area (TPSA) is 29.1 Å². The highest BCUT2D eigenvalue weighted by Gasteiger charge is 1.99. The van der Waals surface area contributed by atoms with Crippen LogP contribution in [-0.4, -0.2) is 5.91 Å². The molecule has 0 heterocycles. The molecule has 1 aromatic carbocycles. The van der Waals surface area contributed by atoms with Crippen LogP contribution in [0.3, 0.4) is 0 Å². The molecule has 17 heavy (non-hydrogen) atoms. The fraction of sp³-hybridized carbons (Fsp3) is 0.400. The van der Waals surface area contributed by atoms with E-state index in [1.165, 1.54) is 12.0 Å². The van der Waals surface area contributed by atoms with Gasteiger partial charge in [0.1, 0.15) is 0 Å². The Morgan fingerprint density at radius 1 is 1.29 bits per heavy atom. The van der Waals surface area contributed by atoms with E-state index in [1.807, 2.05) is 12.1 Å². The molecule has 90 valence electrons. The quantitative estimate of drug-likeness (QED) is 0.789. The van der Waals surface area contributed by atoms with Crippen LogP contribution in [0.1, 0.15) is 32.8 Å². The first-order chi connectivity index (χ1) is 8.11. The van der Waals surface area contributed by atoms with Gasteiger partial charge in [-0.05, 0) is 49.3 Å². The van der Waals surface area contributed by atoms with Gasteiger partial charge in [0.15, 0.2) is 0 Å². The summed E-state index contributed by atoms with van der Waals surface area (Å²) in [6.07, 6.45) is 2.27. The minimum Gasteiger partial charge on any atom is -0.315 e. The fourth-order valence-electron chi connectivity index (χ4n) is 1.49. The molecule has 0 aliphatic heterocycles. The molecule has 0 fully saturated rings. The molecular formula is C15H19NO. The van der Waals surface area contributed by atoms with E-state index in [0.717, 1.165) is 12.1 Å². The highest BCUT2D eigenvalue weighted by Crippen LogP contribution is 2.13. The molecule has 2 nitrogen and oxygen atoms in total. The Hall–Kier alpha value is -1.75. The van der Waals surface area contributed by atoms with Crippen molar-refractivity contribution < 1.29 is 4.79 Å². The molecule has 0 spiro atoms. The number of nitrogens with one attached hydrogen (secondary N) is 1. The number of carbonyl (C=O) groups is 1. The Labute approximate surface area is 103 Å². The minimum absolute atomic E-state index is 0.262. The van der Waals surface area contributed by atoms with Crippen LogP contribution in [0.2, 0.25) is 0 Å². The third-order valence-electron chi connectivity index (χ3n) is 2.46. The predicted molar refractivity (Wildman–Crippen MR) is 71.7 cm³/mol. The summed E-state index contributed by atoms with van der Waals surface area (Å²) in [6.45, 7) is 6.09. The van der Waals surface area contributed by atoms with Crippen LogP contribution in [0.15, 0.2) is 24.3 Å². The molecule has 0 atom stereocenters. The molecule has 0 aromatic heterocycles. The number of hydrogen-bond acceptors (Lipinski definition) is 1. The van der Waals surface area contributed by atoms with E-state index in [2.05, 4.69) is 43.1 Å². The molecule has 0 bridgehead atoms. The summed E-state index contributed by atoms with van der Waals surface area (Å²) in [6, 6.07) is 7.95. The summed E-state index contributed by atoms with van der Waals surface area (Å²) in [5.41, 5.74) is 2.10. The molecule has 2 heteroatoms. The maximum Gasteiger partial charge on any atom is 0.300 e. The van der Waals surface area contributed by atoms with Crippen LogP contribution in [0, 0.1) is 17.8 Å². The third kappa shape index (κ3) is 5.21. The van der Waals surface area contributed by atoms with Crippen LogP contribution in [0.5, 0.6) is 0 Å². The number of aryl methyl sites for hydroxylation is 1. The van der Waals surface area contributed by atoms with E-state index >= 15 is 0 Å². The Morgan fingerprint density at radius 3 is 2.47 bits per heavy atom. The van der Waals surface area contributed by atoms with Crippen molar-refractivity contribution in [2.75, 3.05) is 5.32 Å². The van der Waals surface area contributed by atoms with Gasteiger partial charge in [-0.1, -0.05) is 31.9 Å². The minimum atomic E-state index is -0.262. The third-order valence-corrected chi connectivity index (χ3v) is 2.46. The second-order valence-electron chi connectivity index (χ2n) is 4.46.